The summed E-state index contributed by atoms with van der Waals surface area (Å²) < 4.78 is 17.2. The molecule has 2 aromatic carbocycles. The van der Waals surface area contributed by atoms with Crippen molar-refractivity contribution in [1.82, 2.24) is 9.97 Å². The number of thiazole rings is 1. The van der Waals surface area contributed by atoms with Crippen molar-refractivity contribution < 1.29 is 19.0 Å². The maximum Gasteiger partial charge on any atom is 0.264 e. The lowest BCUT2D eigenvalue weighted by Gasteiger charge is -2.21. The van der Waals surface area contributed by atoms with Crippen LogP contribution in [0.4, 0.5) is 5.13 Å². The number of carbonyl (C=O) groups excluding carboxylic acids is 1. The molecule has 0 unspecified atom stereocenters. The van der Waals surface area contributed by atoms with Crippen LogP contribution < -0.4 is 19.1 Å². The first-order valence-electron chi connectivity index (χ1n) is 9.27. The SMILES string of the molecule is COc1ccccc1C(=O)N(Cc1cccnc1)c1nc2cc3c(cc2s1)OCO3. The van der Waals surface area contributed by atoms with Crippen LogP contribution in [0, 0.1) is 0 Å². The van der Waals surface area contributed by atoms with Gasteiger partial charge >= 0.3 is 0 Å². The number of amides is 1. The van der Waals surface area contributed by atoms with E-state index in [2.05, 4.69) is 4.98 Å². The Labute approximate surface area is 176 Å². The summed E-state index contributed by atoms with van der Waals surface area (Å²) in [6.07, 6.45) is 3.45. The van der Waals surface area contributed by atoms with E-state index >= 15 is 0 Å². The number of fused-ring (bicyclic) bond motifs is 2. The van der Waals surface area contributed by atoms with Gasteiger partial charge < -0.3 is 14.2 Å². The molecule has 150 valence electrons. The summed E-state index contributed by atoms with van der Waals surface area (Å²) in [7, 11) is 1.55. The van der Waals surface area contributed by atoms with Crippen molar-refractivity contribution in [3.8, 4) is 17.2 Å². The molecule has 3 heterocycles. The van der Waals surface area contributed by atoms with Gasteiger partial charge in [-0.05, 0) is 23.8 Å². The number of benzene rings is 2. The van der Waals surface area contributed by atoms with Gasteiger partial charge in [-0.2, -0.15) is 0 Å². The van der Waals surface area contributed by atoms with Gasteiger partial charge in [0.1, 0.15) is 5.75 Å². The Morgan fingerprint density at radius 2 is 2.00 bits per heavy atom. The Morgan fingerprint density at radius 1 is 1.17 bits per heavy atom. The lowest BCUT2D eigenvalue weighted by atomic mass is 10.1. The second kappa shape index (κ2) is 7.64. The first kappa shape index (κ1) is 18.4. The van der Waals surface area contributed by atoms with Crippen LogP contribution in [0.3, 0.4) is 0 Å². The van der Waals surface area contributed by atoms with E-state index in [9.17, 15) is 4.79 Å². The molecule has 0 N–H and O–H groups in total. The zero-order valence-corrected chi connectivity index (χ0v) is 16.9. The van der Waals surface area contributed by atoms with Crippen LogP contribution in [0.15, 0.2) is 60.9 Å². The van der Waals surface area contributed by atoms with Crippen molar-refractivity contribution >= 4 is 32.6 Å². The standard InChI is InChI=1S/C22H17N3O4S/c1-27-17-7-3-2-6-15(17)21(26)25(12-14-5-4-8-23-11-14)22-24-16-9-18-19(29-13-28-18)10-20(16)30-22/h2-11H,12-13H2,1H3. The van der Waals surface area contributed by atoms with Gasteiger partial charge in [0.15, 0.2) is 16.6 Å². The molecule has 1 aliphatic rings. The number of para-hydroxylation sites is 1. The van der Waals surface area contributed by atoms with Gasteiger partial charge in [-0.1, -0.05) is 29.5 Å². The third kappa shape index (κ3) is 3.31. The molecule has 0 saturated heterocycles. The topological polar surface area (TPSA) is 73.8 Å². The van der Waals surface area contributed by atoms with E-state index in [1.807, 2.05) is 36.4 Å². The zero-order valence-electron chi connectivity index (χ0n) is 16.1. The maximum atomic E-state index is 13.6. The number of nitrogens with zero attached hydrogens (tertiary/aromatic N) is 3. The number of hydrogen-bond donors (Lipinski definition) is 0. The van der Waals surface area contributed by atoms with Gasteiger partial charge in [-0.15, -0.1) is 0 Å². The van der Waals surface area contributed by atoms with E-state index in [0.29, 0.717) is 34.5 Å². The number of hydrogen-bond acceptors (Lipinski definition) is 7. The number of rotatable bonds is 5. The van der Waals surface area contributed by atoms with Gasteiger partial charge in [0.2, 0.25) is 6.79 Å². The fourth-order valence-corrected chi connectivity index (χ4v) is 4.26. The van der Waals surface area contributed by atoms with Crippen molar-refractivity contribution in [1.29, 1.82) is 0 Å². The molecule has 0 aliphatic carbocycles. The van der Waals surface area contributed by atoms with Crippen molar-refractivity contribution in [2.45, 2.75) is 6.54 Å². The summed E-state index contributed by atoms with van der Waals surface area (Å²) in [6, 6.07) is 14.7. The van der Waals surface area contributed by atoms with Crippen molar-refractivity contribution in [3.63, 3.8) is 0 Å². The van der Waals surface area contributed by atoms with Crippen molar-refractivity contribution in [2.24, 2.45) is 0 Å². The number of anilines is 1. The fraction of sp³-hybridized carbons (Fsp3) is 0.136. The molecular formula is C22H17N3O4S. The van der Waals surface area contributed by atoms with E-state index in [4.69, 9.17) is 19.2 Å². The Balaban J connectivity index is 1.59. The molecule has 2 aromatic heterocycles. The van der Waals surface area contributed by atoms with Crippen LogP contribution in [-0.2, 0) is 6.54 Å². The highest BCUT2D eigenvalue weighted by Crippen LogP contribution is 2.40. The van der Waals surface area contributed by atoms with Gasteiger partial charge in [0.05, 0.1) is 29.4 Å². The molecule has 0 atom stereocenters. The molecule has 5 rings (SSSR count). The Kier molecular flexibility index (Phi) is 4.68. The lowest BCUT2D eigenvalue weighted by Crippen LogP contribution is -2.30. The number of ether oxygens (including phenoxy) is 3. The van der Waals surface area contributed by atoms with Crippen LogP contribution >= 0.6 is 11.3 Å². The lowest BCUT2D eigenvalue weighted by molar-refractivity contribution is 0.0982. The highest BCUT2D eigenvalue weighted by molar-refractivity contribution is 7.22. The summed E-state index contributed by atoms with van der Waals surface area (Å²) in [5.41, 5.74) is 2.12. The van der Waals surface area contributed by atoms with Crippen LogP contribution in [0.1, 0.15) is 15.9 Å². The monoisotopic (exact) mass is 419 g/mol. The number of carbonyl (C=O) groups is 1. The summed E-state index contributed by atoms with van der Waals surface area (Å²) in [5.74, 6) is 1.66. The normalized spacial score (nSPS) is 12.2. The van der Waals surface area contributed by atoms with Crippen LogP contribution in [0.2, 0.25) is 0 Å². The Bertz CT molecular complexity index is 1180. The average Bonchev–Trinajstić information content (AvgIpc) is 3.41. The van der Waals surface area contributed by atoms with Gasteiger partial charge in [-0.3, -0.25) is 14.7 Å². The van der Waals surface area contributed by atoms with Crippen LogP contribution in [-0.4, -0.2) is 29.8 Å². The smallest absolute Gasteiger partial charge is 0.264 e. The first-order chi connectivity index (χ1) is 14.7. The minimum absolute atomic E-state index is 0.199. The van der Waals surface area contributed by atoms with E-state index < -0.39 is 0 Å². The Morgan fingerprint density at radius 3 is 2.80 bits per heavy atom. The van der Waals surface area contributed by atoms with E-state index in [-0.39, 0.29) is 12.7 Å². The number of aromatic nitrogens is 2. The van der Waals surface area contributed by atoms with Crippen LogP contribution in [0.25, 0.3) is 10.2 Å². The molecule has 0 fully saturated rings. The number of methoxy groups -OCH3 is 1. The molecule has 0 saturated carbocycles. The first-order valence-corrected chi connectivity index (χ1v) is 10.1. The molecule has 8 heteroatoms. The highest BCUT2D eigenvalue weighted by atomic mass is 32.1. The Hall–Kier alpha value is -3.65. The fourth-order valence-electron chi connectivity index (χ4n) is 3.29. The molecular weight excluding hydrogens is 402 g/mol. The summed E-state index contributed by atoms with van der Waals surface area (Å²) in [6.45, 7) is 0.538. The molecule has 0 bridgehead atoms. The third-order valence-electron chi connectivity index (χ3n) is 4.75. The molecule has 0 radical (unpaired) electrons. The predicted octanol–water partition coefficient (Wildman–Crippen LogP) is 4.28. The molecule has 4 aromatic rings. The quantitative estimate of drug-likeness (QED) is 0.481. The van der Waals surface area contributed by atoms with Gasteiger partial charge in [-0.25, -0.2) is 4.98 Å². The second-order valence-corrected chi connectivity index (χ2v) is 7.63. The minimum Gasteiger partial charge on any atom is -0.496 e. The third-order valence-corrected chi connectivity index (χ3v) is 5.79. The van der Waals surface area contributed by atoms with Gasteiger partial charge in [0.25, 0.3) is 5.91 Å². The highest BCUT2D eigenvalue weighted by Gasteiger charge is 2.25. The van der Waals surface area contributed by atoms with Crippen LogP contribution in [0.5, 0.6) is 17.2 Å². The summed E-state index contributed by atoms with van der Waals surface area (Å²) >= 11 is 1.42. The molecule has 7 nitrogen and oxygen atoms in total. The molecule has 1 amide bonds. The van der Waals surface area contributed by atoms with Crippen molar-refractivity contribution in [3.05, 3.63) is 72.1 Å². The molecule has 0 spiro atoms. The summed E-state index contributed by atoms with van der Waals surface area (Å²) in [4.78, 5) is 24.1. The van der Waals surface area contributed by atoms with E-state index in [1.54, 1.807) is 36.5 Å². The molecule has 30 heavy (non-hydrogen) atoms. The zero-order chi connectivity index (χ0) is 20.5. The largest absolute Gasteiger partial charge is 0.496 e. The minimum atomic E-state index is -0.199. The summed E-state index contributed by atoms with van der Waals surface area (Å²) in [5, 5.41) is 0.577. The van der Waals surface area contributed by atoms with Crippen molar-refractivity contribution in [2.75, 3.05) is 18.8 Å². The van der Waals surface area contributed by atoms with E-state index in [0.717, 1.165) is 15.8 Å². The molecule has 1 aliphatic heterocycles. The van der Waals surface area contributed by atoms with E-state index in [1.165, 1.54) is 11.3 Å². The predicted molar refractivity (Wildman–Crippen MR) is 113 cm³/mol. The second-order valence-electron chi connectivity index (χ2n) is 6.62. The number of pyridine rings is 1. The van der Waals surface area contributed by atoms with Gasteiger partial charge in [0, 0.05) is 24.5 Å². The maximum absolute atomic E-state index is 13.6. The average molecular weight is 419 g/mol.